The van der Waals surface area contributed by atoms with Gasteiger partial charge in [-0.15, -0.1) is 0 Å². The quantitative estimate of drug-likeness (QED) is 0.761. The van der Waals surface area contributed by atoms with Gasteiger partial charge in [-0.1, -0.05) is 0 Å². The third-order valence-electron chi connectivity index (χ3n) is 2.92. The van der Waals surface area contributed by atoms with Crippen LogP contribution in [0.3, 0.4) is 0 Å². The Morgan fingerprint density at radius 3 is 2.73 bits per heavy atom. The van der Waals surface area contributed by atoms with E-state index in [1.807, 2.05) is 6.07 Å². The highest BCUT2D eigenvalue weighted by Crippen LogP contribution is 2.23. The monoisotopic (exact) mass is 210 g/mol. The molecule has 0 aromatic rings. The lowest BCUT2D eigenvalue weighted by Crippen LogP contribution is -2.46. The summed E-state index contributed by atoms with van der Waals surface area (Å²) >= 11 is 0. The Bertz CT molecular complexity index is 281. The third-order valence-corrected chi connectivity index (χ3v) is 2.92. The summed E-state index contributed by atoms with van der Waals surface area (Å²) in [6.07, 6.45) is 3.08. The van der Waals surface area contributed by atoms with E-state index in [0.29, 0.717) is 0 Å². The lowest BCUT2D eigenvalue weighted by Gasteiger charge is -2.23. The molecule has 0 heterocycles. The minimum absolute atomic E-state index is 0.0649. The first kappa shape index (κ1) is 12.0. The zero-order chi connectivity index (χ0) is 11.5. The van der Waals surface area contributed by atoms with Crippen molar-refractivity contribution in [2.45, 2.75) is 45.3 Å². The maximum absolute atomic E-state index is 11.7. The average molecular weight is 210 g/mol. The molecule has 0 aliphatic heterocycles. The third kappa shape index (κ3) is 2.69. The first-order valence-corrected chi connectivity index (χ1v) is 5.26. The maximum Gasteiger partial charge on any atom is 0.240 e. The Morgan fingerprint density at radius 1 is 1.53 bits per heavy atom. The van der Waals surface area contributed by atoms with Crippen LogP contribution < -0.4 is 5.32 Å². The largest absolute Gasteiger partial charge is 0.379 e. The lowest BCUT2D eigenvalue weighted by molar-refractivity contribution is -0.128. The first-order chi connectivity index (χ1) is 7.01. The van der Waals surface area contributed by atoms with Crippen molar-refractivity contribution < 1.29 is 9.53 Å². The Morgan fingerprint density at radius 2 is 2.20 bits per heavy atom. The van der Waals surface area contributed by atoms with Crippen LogP contribution in [0.15, 0.2) is 0 Å². The molecular formula is C11H18N2O2. The van der Waals surface area contributed by atoms with Gasteiger partial charge >= 0.3 is 0 Å². The summed E-state index contributed by atoms with van der Waals surface area (Å²) in [5.74, 6) is -0.209. The van der Waals surface area contributed by atoms with Gasteiger partial charge in [0.1, 0.15) is 5.41 Å². The van der Waals surface area contributed by atoms with Crippen LogP contribution in [0.5, 0.6) is 0 Å². The number of methoxy groups -OCH3 is 1. The maximum atomic E-state index is 11.7. The molecule has 0 aromatic carbocycles. The van der Waals surface area contributed by atoms with Gasteiger partial charge in [0.25, 0.3) is 0 Å². The van der Waals surface area contributed by atoms with Crippen molar-refractivity contribution in [1.29, 1.82) is 5.26 Å². The topological polar surface area (TPSA) is 62.1 Å². The summed E-state index contributed by atoms with van der Waals surface area (Å²) in [6, 6.07) is 2.06. The summed E-state index contributed by atoms with van der Waals surface area (Å²) in [7, 11) is 1.66. The second-order valence-corrected chi connectivity index (χ2v) is 4.52. The van der Waals surface area contributed by atoms with Gasteiger partial charge in [0.05, 0.1) is 18.2 Å². The summed E-state index contributed by atoms with van der Waals surface area (Å²) < 4.78 is 5.27. The summed E-state index contributed by atoms with van der Waals surface area (Å²) in [5, 5.41) is 11.7. The number of rotatable bonds is 3. The molecule has 1 amide bonds. The molecule has 0 aromatic heterocycles. The molecule has 4 nitrogen and oxygen atoms in total. The highest BCUT2D eigenvalue weighted by molar-refractivity contribution is 5.84. The highest BCUT2D eigenvalue weighted by atomic mass is 16.5. The van der Waals surface area contributed by atoms with E-state index in [2.05, 4.69) is 5.32 Å². The summed E-state index contributed by atoms with van der Waals surface area (Å²) in [5.41, 5.74) is -0.957. The molecule has 1 rings (SSSR count). The number of hydrogen-bond donors (Lipinski definition) is 1. The number of amides is 1. The fourth-order valence-electron chi connectivity index (χ4n) is 1.77. The molecule has 0 saturated heterocycles. The van der Waals surface area contributed by atoms with Gasteiger partial charge < -0.3 is 10.1 Å². The minimum Gasteiger partial charge on any atom is -0.379 e. The van der Waals surface area contributed by atoms with Crippen LogP contribution in [-0.4, -0.2) is 25.2 Å². The van der Waals surface area contributed by atoms with Gasteiger partial charge in [-0.05, 0) is 33.1 Å². The summed E-state index contributed by atoms with van der Waals surface area (Å²) in [6.45, 7) is 3.25. The normalized spacial score (nSPS) is 26.0. The van der Waals surface area contributed by atoms with Crippen LogP contribution in [0.4, 0.5) is 0 Å². The molecule has 1 N–H and O–H groups in total. The molecule has 0 radical (unpaired) electrons. The molecule has 2 unspecified atom stereocenters. The van der Waals surface area contributed by atoms with Crippen molar-refractivity contribution in [3.05, 3.63) is 0 Å². The number of nitrogens with one attached hydrogen (secondary N) is 1. The minimum atomic E-state index is -0.957. The molecular weight excluding hydrogens is 192 g/mol. The predicted molar refractivity (Wildman–Crippen MR) is 56.0 cm³/mol. The molecule has 1 saturated carbocycles. The lowest BCUT2D eigenvalue weighted by atomic mass is 9.94. The van der Waals surface area contributed by atoms with E-state index < -0.39 is 5.41 Å². The predicted octanol–water partition coefficient (Wildman–Crippen LogP) is 1.22. The van der Waals surface area contributed by atoms with Crippen LogP contribution in [0.2, 0.25) is 0 Å². The van der Waals surface area contributed by atoms with Crippen LogP contribution >= 0.6 is 0 Å². The van der Waals surface area contributed by atoms with E-state index in [4.69, 9.17) is 10.00 Å². The number of nitriles is 1. The fraction of sp³-hybridized carbons (Fsp3) is 0.818. The Labute approximate surface area is 90.6 Å². The van der Waals surface area contributed by atoms with Crippen LogP contribution in [0.1, 0.15) is 33.1 Å². The van der Waals surface area contributed by atoms with Crippen molar-refractivity contribution in [1.82, 2.24) is 5.32 Å². The average Bonchev–Trinajstić information content (AvgIpc) is 2.65. The second kappa shape index (κ2) is 4.63. The van der Waals surface area contributed by atoms with E-state index in [9.17, 15) is 4.79 Å². The molecule has 4 heteroatoms. The van der Waals surface area contributed by atoms with Crippen LogP contribution in [0, 0.1) is 16.7 Å². The number of ether oxygens (including phenoxy) is 1. The van der Waals surface area contributed by atoms with Gasteiger partial charge in [-0.2, -0.15) is 5.26 Å². The molecule has 1 aliphatic rings. The SMILES string of the molecule is COC1CCCC1NC(=O)C(C)(C)C#N. The van der Waals surface area contributed by atoms with Crippen molar-refractivity contribution in [2.75, 3.05) is 7.11 Å². The zero-order valence-electron chi connectivity index (χ0n) is 9.54. The molecule has 0 spiro atoms. The Hall–Kier alpha value is -1.08. The summed E-state index contributed by atoms with van der Waals surface area (Å²) in [4.78, 5) is 11.7. The van der Waals surface area contributed by atoms with Gasteiger partial charge in [0.15, 0.2) is 0 Å². The van der Waals surface area contributed by atoms with Crippen molar-refractivity contribution in [3.8, 4) is 6.07 Å². The molecule has 0 bridgehead atoms. The number of nitrogens with zero attached hydrogens (tertiary/aromatic N) is 1. The molecule has 1 fully saturated rings. The van der Waals surface area contributed by atoms with E-state index in [1.54, 1.807) is 21.0 Å². The van der Waals surface area contributed by atoms with Gasteiger partial charge in [-0.3, -0.25) is 4.79 Å². The fourth-order valence-corrected chi connectivity index (χ4v) is 1.77. The zero-order valence-corrected chi connectivity index (χ0v) is 9.54. The molecule has 15 heavy (non-hydrogen) atoms. The van der Waals surface area contributed by atoms with Crippen LogP contribution in [-0.2, 0) is 9.53 Å². The molecule has 84 valence electrons. The van der Waals surface area contributed by atoms with Gasteiger partial charge in [-0.25, -0.2) is 0 Å². The molecule has 2 atom stereocenters. The molecule has 1 aliphatic carbocycles. The van der Waals surface area contributed by atoms with Gasteiger partial charge in [0, 0.05) is 7.11 Å². The van der Waals surface area contributed by atoms with Gasteiger partial charge in [0.2, 0.25) is 5.91 Å². The second-order valence-electron chi connectivity index (χ2n) is 4.52. The van der Waals surface area contributed by atoms with Crippen molar-refractivity contribution in [3.63, 3.8) is 0 Å². The van der Waals surface area contributed by atoms with Crippen molar-refractivity contribution >= 4 is 5.91 Å². The standard InChI is InChI=1S/C11H18N2O2/c1-11(2,7-12)10(14)13-8-5-4-6-9(8)15-3/h8-9H,4-6H2,1-3H3,(H,13,14). The van der Waals surface area contributed by atoms with E-state index >= 15 is 0 Å². The van der Waals surface area contributed by atoms with E-state index in [1.165, 1.54) is 0 Å². The van der Waals surface area contributed by atoms with Crippen LogP contribution in [0.25, 0.3) is 0 Å². The van der Waals surface area contributed by atoms with E-state index in [0.717, 1.165) is 19.3 Å². The Balaban J connectivity index is 2.55. The number of hydrogen-bond acceptors (Lipinski definition) is 3. The van der Waals surface area contributed by atoms with E-state index in [-0.39, 0.29) is 18.1 Å². The number of carbonyl (C=O) groups excluding carboxylic acids is 1. The number of carbonyl (C=O) groups is 1. The smallest absolute Gasteiger partial charge is 0.240 e. The first-order valence-electron chi connectivity index (χ1n) is 5.26. The highest BCUT2D eigenvalue weighted by Gasteiger charge is 2.34. The Kier molecular flexibility index (Phi) is 3.70. The van der Waals surface area contributed by atoms with Crippen molar-refractivity contribution in [2.24, 2.45) is 5.41 Å².